The third kappa shape index (κ3) is 4.77. The van der Waals surface area contributed by atoms with E-state index < -0.39 is 0 Å². The van der Waals surface area contributed by atoms with Crippen LogP contribution in [0.1, 0.15) is 0 Å². The van der Waals surface area contributed by atoms with Gasteiger partial charge in [-0.2, -0.15) is 0 Å². The van der Waals surface area contributed by atoms with Crippen LogP contribution in [0.25, 0.3) is 98.4 Å². The van der Waals surface area contributed by atoms with Crippen molar-refractivity contribution in [3.63, 3.8) is 0 Å². The molecule has 0 amide bonds. The van der Waals surface area contributed by atoms with E-state index in [9.17, 15) is 0 Å². The molecule has 0 radical (unpaired) electrons. The van der Waals surface area contributed by atoms with Gasteiger partial charge in [0.2, 0.25) is 0 Å². The van der Waals surface area contributed by atoms with Crippen molar-refractivity contribution in [2.24, 2.45) is 0 Å². The molecule has 0 heteroatoms. The molecule has 0 saturated carbocycles. The number of benzene rings is 10. The number of hydrogen-bond acceptors (Lipinski definition) is 0. The molecule has 0 heterocycles. The van der Waals surface area contributed by atoms with E-state index in [1.165, 1.54) is 98.4 Å². The second-order valence-corrected chi connectivity index (χ2v) is 13.3. The SMILES string of the molecule is c1ccc(-c2ccc3c(-c4ccc5ccccc5c4)cc4c5cc(-c6ccccc6)ccc5c(-c5ccc6ccccc6c5)cc4c3c2)cc1. The largest absolute Gasteiger partial charge is 0.0622 e. The summed E-state index contributed by atoms with van der Waals surface area (Å²) < 4.78 is 0. The van der Waals surface area contributed by atoms with Gasteiger partial charge < -0.3 is 0 Å². The van der Waals surface area contributed by atoms with Gasteiger partial charge in [-0.3, -0.25) is 0 Å². The average Bonchev–Trinajstić information content (AvgIpc) is 3.20. The van der Waals surface area contributed by atoms with Crippen molar-refractivity contribution in [2.75, 3.05) is 0 Å². The van der Waals surface area contributed by atoms with Gasteiger partial charge in [-0.15, -0.1) is 0 Å². The standard InChI is InChI=1S/C50H32/c1-3-11-33(12-4-1)39-23-25-43-45(41-21-19-35-15-7-9-17-37(35)27-41)32-50-48-30-40(34-13-5-2-6-14-34)24-26-44(48)46(31-49(50)47(43)29-39)42-22-20-36-16-8-10-18-38(36)28-42/h1-32H. The van der Waals surface area contributed by atoms with E-state index in [1.54, 1.807) is 0 Å². The topological polar surface area (TPSA) is 0 Å². The second kappa shape index (κ2) is 11.6. The maximum atomic E-state index is 2.45. The molecule has 0 aliphatic carbocycles. The first kappa shape index (κ1) is 28.5. The van der Waals surface area contributed by atoms with Gasteiger partial charge in [0.1, 0.15) is 0 Å². The van der Waals surface area contributed by atoms with Crippen LogP contribution in [0.3, 0.4) is 0 Å². The summed E-state index contributed by atoms with van der Waals surface area (Å²) in [5.74, 6) is 0. The lowest BCUT2D eigenvalue weighted by molar-refractivity contribution is 1.64. The fraction of sp³-hybridized carbons (Fsp3) is 0. The molecule has 0 saturated heterocycles. The van der Waals surface area contributed by atoms with Crippen molar-refractivity contribution < 1.29 is 0 Å². The summed E-state index contributed by atoms with van der Waals surface area (Å²) >= 11 is 0. The van der Waals surface area contributed by atoms with Crippen LogP contribution in [0, 0.1) is 0 Å². The predicted octanol–water partition coefficient (Wildman–Crippen LogP) is 14.1. The Hall–Kier alpha value is -6.50. The minimum Gasteiger partial charge on any atom is -0.0622 e. The van der Waals surface area contributed by atoms with Crippen molar-refractivity contribution in [3.8, 4) is 44.5 Å². The molecule has 10 rings (SSSR count). The molecule has 50 heavy (non-hydrogen) atoms. The molecule has 0 aliphatic heterocycles. The molecule has 0 atom stereocenters. The Balaban J connectivity index is 1.35. The summed E-state index contributed by atoms with van der Waals surface area (Å²) in [4.78, 5) is 0. The van der Waals surface area contributed by atoms with Crippen LogP contribution in [0.4, 0.5) is 0 Å². The molecule has 10 aromatic rings. The molecule has 0 aromatic heterocycles. The molecular formula is C50H32. The minimum absolute atomic E-state index is 1.22. The molecule has 0 aliphatic rings. The molecule has 0 N–H and O–H groups in total. The lowest BCUT2D eigenvalue weighted by Crippen LogP contribution is -1.91. The van der Waals surface area contributed by atoms with E-state index in [-0.39, 0.29) is 0 Å². The highest BCUT2D eigenvalue weighted by molar-refractivity contribution is 6.25. The van der Waals surface area contributed by atoms with Crippen LogP contribution in [0.2, 0.25) is 0 Å². The molecule has 0 spiro atoms. The van der Waals surface area contributed by atoms with E-state index in [1.807, 2.05) is 0 Å². The van der Waals surface area contributed by atoms with Crippen LogP contribution in [-0.4, -0.2) is 0 Å². The van der Waals surface area contributed by atoms with Crippen LogP contribution in [-0.2, 0) is 0 Å². The summed E-state index contributed by atoms with van der Waals surface area (Å²) in [6, 6.07) is 71.5. The fourth-order valence-electron chi connectivity index (χ4n) is 7.86. The van der Waals surface area contributed by atoms with E-state index in [4.69, 9.17) is 0 Å². The monoisotopic (exact) mass is 632 g/mol. The van der Waals surface area contributed by atoms with Crippen LogP contribution < -0.4 is 0 Å². The summed E-state index contributed by atoms with van der Waals surface area (Å²) in [6.07, 6.45) is 0. The van der Waals surface area contributed by atoms with Crippen LogP contribution >= 0.6 is 0 Å². The first-order valence-electron chi connectivity index (χ1n) is 17.3. The van der Waals surface area contributed by atoms with Gasteiger partial charge in [-0.25, -0.2) is 0 Å². The van der Waals surface area contributed by atoms with Gasteiger partial charge in [0.15, 0.2) is 0 Å². The molecule has 0 unspecified atom stereocenters. The minimum atomic E-state index is 1.22. The van der Waals surface area contributed by atoms with Gasteiger partial charge in [0.25, 0.3) is 0 Å². The highest BCUT2D eigenvalue weighted by Crippen LogP contribution is 2.44. The smallest absolute Gasteiger partial charge is 0.00921 e. The normalized spacial score (nSPS) is 11.6. The molecule has 0 fully saturated rings. The van der Waals surface area contributed by atoms with Gasteiger partial charge in [0, 0.05) is 0 Å². The van der Waals surface area contributed by atoms with Gasteiger partial charge in [-0.1, -0.05) is 158 Å². The van der Waals surface area contributed by atoms with E-state index >= 15 is 0 Å². The van der Waals surface area contributed by atoms with Crippen molar-refractivity contribution in [1.29, 1.82) is 0 Å². The number of rotatable bonds is 4. The summed E-state index contributed by atoms with van der Waals surface area (Å²) in [5.41, 5.74) is 9.86. The lowest BCUT2D eigenvalue weighted by Gasteiger charge is -2.18. The third-order valence-corrected chi connectivity index (χ3v) is 10.4. The average molecular weight is 633 g/mol. The number of hydrogen-bond donors (Lipinski definition) is 0. The summed E-state index contributed by atoms with van der Waals surface area (Å²) in [6.45, 7) is 0. The van der Waals surface area contributed by atoms with Crippen LogP contribution in [0.15, 0.2) is 194 Å². The quantitative estimate of drug-likeness (QED) is 0.169. The van der Waals surface area contributed by atoms with Crippen molar-refractivity contribution in [2.45, 2.75) is 0 Å². The summed E-state index contributed by atoms with van der Waals surface area (Å²) in [7, 11) is 0. The van der Waals surface area contributed by atoms with Crippen molar-refractivity contribution in [1.82, 2.24) is 0 Å². The molecule has 0 bridgehead atoms. The van der Waals surface area contributed by atoms with Crippen LogP contribution in [0.5, 0.6) is 0 Å². The predicted molar refractivity (Wildman–Crippen MR) is 216 cm³/mol. The highest BCUT2D eigenvalue weighted by Gasteiger charge is 2.17. The molecular weight excluding hydrogens is 601 g/mol. The Bertz CT molecular complexity index is 2700. The van der Waals surface area contributed by atoms with Gasteiger partial charge in [0.05, 0.1) is 0 Å². The maximum absolute atomic E-state index is 2.45. The molecule has 0 nitrogen and oxygen atoms in total. The Kier molecular flexibility index (Phi) is 6.60. The van der Waals surface area contributed by atoms with Gasteiger partial charge in [-0.05, 0) is 135 Å². The Morgan fingerprint density at radius 3 is 0.980 bits per heavy atom. The summed E-state index contributed by atoms with van der Waals surface area (Å²) in [5, 5.41) is 12.6. The zero-order chi connectivity index (χ0) is 33.0. The maximum Gasteiger partial charge on any atom is -0.00921 e. The Labute approximate surface area is 291 Å². The first-order chi connectivity index (χ1) is 24.8. The van der Waals surface area contributed by atoms with E-state index in [0.29, 0.717) is 0 Å². The lowest BCUT2D eigenvalue weighted by atomic mass is 9.85. The van der Waals surface area contributed by atoms with Gasteiger partial charge >= 0.3 is 0 Å². The second-order valence-electron chi connectivity index (χ2n) is 13.3. The highest BCUT2D eigenvalue weighted by atomic mass is 14.2. The zero-order valence-corrected chi connectivity index (χ0v) is 27.5. The number of fused-ring (bicyclic) bond motifs is 7. The van der Waals surface area contributed by atoms with Crippen molar-refractivity contribution in [3.05, 3.63) is 194 Å². The van der Waals surface area contributed by atoms with Crippen molar-refractivity contribution >= 4 is 53.9 Å². The van der Waals surface area contributed by atoms with E-state index in [0.717, 1.165) is 0 Å². The zero-order valence-electron chi connectivity index (χ0n) is 27.5. The third-order valence-electron chi connectivity index (χ3n) is 10.4. The van der Waals surface area contributed by atoms with E-state index in [2.05, 4.69) is 194 Å². The first-order valence-corrected chi connectivity index (χ1v) is 17.3. The molecule has 10 aromatic carbocycles. The Morgan fingerprint density at radius 2 is 0.540 bits per heavy atom. The fourth-order valence-corrected chi connectivity index (χ4v) is 7.86. The Morgan fingerprint density at radius 1 is 0.180 bits per heavy atom. The molecule has 232 valence electrons.